The maximum atomic E-state index is 13.0. The molecule has 1 amide bonds. The van der Waals surface area contributed by atoms with Crippen LogP contribution in [0.3, 0.4) is 0 Å². The molecular weight excluding hydrogens is 376 g/mol. The summed E-state index contributed by atoms with van der Waals surface area (Å²) in [6.45, 7) is 0.897. The zero-order chi connectivity index (χ0) is 20.5. The van der Waals surface area contributed by atoms with E-state index in [1.807, 2.05) is 31.4 Å². The zero-order valence-corrected chi connectivity index (χ0v) is 17.2. The fourth-order valence-electron chi connectivity index (χ4n) is 4.25. The molecule has 30 heavy (non-hydrogen) atoms. The number of carbonyl (C=O) groups excluding carboxylic acids is 1. The molecule has 2 fully saturated rings. The highest BCUT2D eigenvalue weighted by Gasteiger charge is 2.30. The third-order valence-corrected chi connectivity index (χ3v) is 6.11. The predicted molar refractivity (Wildman–Crippen MR) is 117 cm³/mol. The first-order valence-corrected chi connectivity index (χ1v) is 10.9. The summed E-state index contributed by atoms with van der Waals surface area (Å²) in [6.07, 6.45) is 6.90. The van der Waals surface area contributed by atoms with E-state index in [0.29, 0.717) is 12.3 Å². The highest BCUT2D eigenvalue weighted by atomic mass is 16.2. The van der Waals surface area contributed by atoms with Crippen molar-refractivity contribution in [3.05, 3.63) is 53.6 Å². The fourth-order valence-corrected chi connectivity index (χ4v) is 4.25. The first-order valence-electron chi connectivity index (χ1n) is 10.9. The summed E-state index contributed by atoms with van der Waals surface area (Å²) in [6, 6.07) is 9.89. The van der Waals surface area contributed by atoms with E-state index in [2.05, 4.69) is 38.1 Å². The van der Waals surface area contributed by atoms with Crippen molar-refractivity contribution in [2.45, 2.75) is 50.1 Å². The van der Waals surface area contributed by atoms with E-state index < -0.39 is 0 Å². The number of carbonyl (C=O) groups is 1. The lowest BCUT2D eigenvalue weighted by atomic mass is 10.0. The molecule has 1 aliphatic carbocycles. The normalized spacial score (nSPS) is 19.7. The number of anilines is 1. The maximum absolute atomic E-state index is 13.0. The number of H-pyrrole nitrogens is 1. The van der Waals surface area contributed by atoms with Crippen LogP contribution < -0.4 is 16.0 Å². The third-order valence-electron chi connectivity index (χ3n) is 6.11. The molecule has 5 rings (SSSR count). The summed E-state index contributed by atoms with van der Waals surface area (Å²) in [4.78, 5) is 25.8. The van der Waals surface area contributed by atoms with Gasteiger partial charge in [0, 0.05) is 42.6 Å². The molecule has 0 spiro atoms. The Morgan fingerprint density at radius 2 is 2.10 bits per heavy atom. The van der Waals surface area contributed by atoms with Crippen LogP contribution in [0.5, 0.6) is 0 Å². The molecule has 1 saturated heterocycles. The summed E-state index contributed by atoms with van der Waals surface area (Å²) < 4.78 is 0. The fraction of sp³-hybridized carbons (Fsp3) is 0.435. The van der Waals surface area contributed by atoms with Crippen LogP contribution >= 0.6 is 0 Å². The minimum atomic E-state index is -0.216. The largest absolute Gasteiger partial charge is 0.373 e. The number of aromatic nitrogens is 3. The van der Waals surface area contributed by atoms with Gasteiger partial charge in [-0.25, -0.2) is 9.97 Å². The van der Waals surface area contributed by atoms with E-state index in [-0.39, 0.29) is 18.0 Å². The van der Waals surface area contributed by atoms with Gasteiger partial charge in [0.15, 0.2) is 0 Å². The van der Waals surface area contributed by atoms with Gasteiger partial charge in [0.1, 0.15) is 11.6 Å². The van der Waals surface area contributed by atoms with Crippen molar-refractivity contribution < 1.29 is 4.79 Å². The summed E-state index contributed by atoms with van der Waals surface area (Å²) in [5.41, 5.74) is 3.15. The van der Waals surface area contributed by atoms with Gasteiger partial charge in [-0.05, 0) is 43.9 Å². The molecule has 3 heterocycles. The van der Waals surface area contributed by atoms with Crippen LogP contribution in [0.2, 0.25) is 0 Å². The molecule has 4 N–H and O–H groups in total. The maximum Gasteiger partial charge on any atom is 0.237 e. The smallest absolute Gasteiger partial charge is 0.237 e. The quantitative estimate of drug-likeness (QED) is 0.486. The van der Waals surface area contributed by atoms with Crippen LogP contribution in [0, 0.1) is 0 Å². The SMILES string of the molecule is CNc1cc([C@@H](Cc2c[nH]c3ccccc23)NC(=O)[C@H]2CCCN2)nc(C2CC2)n1. The van der Waals surface area contributed by atoms with Crippen molar-refractivity contribution in [3.8, 4) is 0 Å². The molecule has 156 valence electrons. The lowest BCUT2D eigenvalue weighted by molar-refractivity contribution is -0.123. The summed E-state index contributed by atoms with van der Waals surface area (Å²) in [7, 11) is 1.87. The van der Waals surface area contributed by atoms with Crippen molar-refractivity contribution in [1.29, 1.82) is 0 Å². The van der Waals surface area contributed by atoms with Crippen LogP contribution in [0.4, 0.5) is 5.82 Å². The number of nitrogens with zero attached hydrogens (tertiary/aromatic N) is 2. The second-order valence-corrected chi connectivity index (χ2v) is 8.33. The van der Waals surface area contributed by atoms with E-state index in [1.165, 1.54) is 10.9 Å². The van der Waals surface area contributed by atoms with Gasteiger partial charge in [-0.2, -0.15) is 0 Å². The molecule has 2 aromatic heterocycles. The van der Waals surface area contributed by atoms with E-state index >= 15 is 0 Å². The number of nitrogens with one attached hydrogen (secondary N) is 4. The molecule has 2 aliphatic rings. The van der Waals surface area contributed by atoms with Gasteiger partial charge >= 0.3 is 0 Å². The molecule has 1 aliphatic heterocycles. The predicted octanol–water partition coefficient (Wildman–Crippen LogP) is 3.03. The molecule has 7 heteroatoms. The Morgan fingerprint density at radius 1 is 1.23 bits per heavy atom. The van der Waals surface area contributed by atoms with E-state index in [1.54, 1.807) is 0 Å². The van der Waals surface area contributed by atoms with Gasteiger partial charge in [0.2, 0.25) is 5.91 Å². The minimum Gasteiger partial charge on any atom is -0.373 e. The van der Waals surface area contributed by atoms with Crippen molar-refractivity contribution in [1.82, 2.24) is 25.6 Å². The van der Waals surface area contributed by atoms with E-state index in [0.717, 1.165) is 55.1 Å². The number of para-hydroxylation sites is 1. The third kappa shape index (κ3) is 3.89. The highest BCUT2D eigenvalue weighted by molar-refractivity contribution is 5.84. The standard InChI is InChI=1S/C23H28N6O/c1-24-21-12-20(27-22(29-21)14-8-9-14)19(28-23(30)18-7-4-10-25-18)11-15-13-26-17-6-3-2-5-16(15)17/h2-3,5-6,12-14,18-19,25-26H,4,7-11H2,1H3,(H,28,30)(H,24,27,29)/t18-,19-/m1/s1. The molecule has 2 atom stereocenters. The number of benzene rings is 1. The lowest BCUT2D eigenvalue weighted by Gasteiger charge is -2.22. The van der Waals surface area contributed by atoms with Crippen molar-refractivity contribution in [3.63, 3.8) is 0 Å². The second kappa shape index (κ2) is 8.07. The first-order chi connectivity index (χ1) is 14.7. The highest BCUT2D eigenvalue weighted by Crippen LogP contribution is 2.39. The van der Waals surface area contributed by atoms with Crippen LogP contribution in [0.1, 0.15) is 54.7 Å². The molecule has 3 aromatic rings. The van der Waals surface area contributed by atoms with Crippen molar-refractivity contribution in [2.24, 2.45) is 0 Å². The molecule has 7 nitrogen and oxygen atoms in total. The number of rotatable bonds is 7. The van der Waals surface area contributed by atoms with Crippen molar-refractivity contribution >= 4 is 22.6 Å². The lowest BCUT2D eigenvalue weighted by Crippen LogP contribution is -2.42. The van der Waals surface area contributed by atoms with Gasteiger partial charge in [-0.1, -0.05) is 18.2 Å². The Hall–Kier alpha value is -2.93. The van der Waals surface area contributed by atoms with Crippen LogP contribution in [0.15, 0.2) is 36.5 Å². The molecule has 1 saturated carbocycles. The Labute approximate surface area is 176 Å². The van der Waals surface area contributed by atoms with Gasteiger partial charge in [0.25, 0.3) is 0 Å². The van der Waals surface area contributed by atoms with Gasteiger partial charge in [-0.15, -0.1) is 0 Å². The molecule has 1 aromatic carbocycles. The van der Waals surface area contributed by atoms with E-state index in [4.69, 9.17) is 4.98 Å². The van der Waals surface area contributed by atoms with Gasteiger partial charge in [0.05, 0.1) is 17.8 Å². The number of amides is 1. The molecule has 0 radical (unpaired) electrons. The number of hydrogen-bond acceptors (Lipinski definition) is 5. The van der Waals surface area contributed by atoms with Crippen LogP contribution in [0.25, 0.3) is 10.9 Å². The average Bonchev–Trinajstić information content (AvgIpc) is 3.33. The Morgan fingerprint density at radius 3 is 2.87 bits per heavy atom. The van der Waals surface area contributed by atoms with Gasteiger partial charge in [-0.3, -0.25) is 4.79 Å². The Kier molecular flexibility index (Phi) is 5.12. The topological polar surface area (TPSA) is 94.7 Å². The monoisotopic (exact) mass is 404 g/mol. The first kappa shape index (κ1) is 19.1. The molecular formula is C23H28N6O. The summed E-state index contributed by atoms with van der Waals surface area (Å²) in [5.74, 6) is 2.18. The number of aromatic amines is 1. The second-order valence-electron chi connectivity index (χ2n) is 8.33. The minimum absolute atomic E-state index is 0.0509. The van der Waals surface area contributed by atoms with Crippen LogP contribution in [-0.4, -0.2) is 40.5 Å². The van der Waals surface area contributed by atoms with Crippen molar-refractivity contribution in [2.75, 3.05) is 18.9 Å². The zero-order valence-electron chi connectivity index (χ0n) is 17.2. The van der Waals surface area contributed by atoms with E-state index in [9.17, 15) is 4.79 Å². The summed E-state index contributed by atoms with van der Waals surface area (Å²) in [5, 5.41) is 10.9. The molecule has 0 unspecified atom stereocenters. The Balaban J connectivity index is 1.49. The summed E-state index contributed by atoms with van der Waals surface area (Å²) >= 11 is 0. The van der Waals surface area contributed by atoms with Crippen LogP contribution in [-0.2, 0) is 11.2 Å². The van der Waals surface area contributed by atoms with Gasteiger partial charge < -0.3 is 20.9 Å². The number of fused-ring (bicyclic) bond motifs is 1. The Bertz CT molecular complexity index is 1050. The number of hydrogen-bond donors (Lipinski definition) is 4. The average molecular weight is 405 g/mol. The molecule has 0 bridgehead atoms.